The normalized spacial score (nSPS) is 18.5. The van der Waals surface area contributed by atoms with E-state index in [-0.39, 0.29) is 30.4 Å². The molecule has 0 aromatic rings. The lowest BCUT2D eigenvalue weighted by atomic mass is 10.0. The van der Waals surface area contributed by atoms with Crippen molar-refractivity contribution in [2.75, 3.05) is 45.3 Å². The predicted octanol–water partition coefficient (Wildman–Crippen LogP) is -1.13. The zero-order chi connectivity index (χ0) is 13.1. The highest BCUT2D eigenvalue weighted by Crippen LogP contribution is 2.14. The number of hydrogen-bond acceptors (Lipinski definition) is 5. The summed E-state index contributed by atoms with van der Waals surface area (Å²) in [6, 6.07) is 0. The third-order valence-electron chi connectivity index (χ3n) is 2.77. The summed E-state index contributed by atoms with van der Waals surface area (Å²) < 4.78 is 27.4. The molecule has 0 aromatic heterocycles. The van der Waals surface area contributed by atoms with Gasteiger partial charge in [-0.2, -0.15) is 0 Å². The lowest BCUT2D eigenvalue weighted by Gasteiger charge is -2.39. The molecule has 1 heterocycles. The van der Waals surface area contributed by atoms with Crippen LogP contribution >= 0.6 is 0 Å². The maximum atomic E-state index is 11.6. The van der Waals surface area contributed by atoms with E-state index in [4.69, 9.17) is 4.74 Å². The van der Waals surface area contributed by atoms with Gasteiger partial charge in [0.25, 0.3) is 0 Å². The van der Waals surface area contributed by atoms with Crippen LogP contribution in [0.25, 0.3) is 0 Å². The number of nitrogens with one attached hydrogen (secondary N) is 1. The number of hydrogen-bond donors (Lipinski definition) is 1. The van der Waals surface area contributed by atoms with E-state index in [0.717, 1.165) is 19.3 Å². The van der Waals surface area contributed by atoms with Crippen molar-refractivity contribution in [3.05, 3.63) is 0 Å². The highest BCUT2D eigenvalue weighted by molar-refractivity contribution is 7.90. The molecule has 1 N–H and O–H groups in total. The number of sulfone groups is 1. The molecule has 1 rings (SSSR count). The van der Waals surface area contributed by atoms with Gasteiger partial charge in [-0.25, -0.2) is 8.42 Å². The second kappa shape index (κ2) is 5.32. The average Bonchev–Trinajstić information content (AvgIpc) is 2.18. The SMILES string of the molecule is CN(CCS(C)(=O)=O)C(=O)COC1(C)CNC1. The first kappa shape index (κ1) is 14.4. The zero-order valence-electron chi connectivity index (χ0n) is 10.5. The van der Waals surface area contributed by atoms with E-state index in [0.29, 0.717) is 0 Å². The molecule has 100 valence electrons. The van der Waals surface area contributed by atoms with Crippen molar-refractivity contribution in [2.24, 2.45) is 0 Å². The van der Waals surface area contributed by atoms with Crippen molar-refractivity contribution in [3.8, 4) is 0 Å². The topological polar surface area (TPSA) is 75.7 Å². The fraction of sp³-hybridized carbons (Fsp3) is 0.900. The Hall–Kier alpha value is -0.660. The number of nitrogens with zero attached hydrogens (tertiary/aromatic N) is 1. The quantitative estimate of drug-likeness (QED) is 0.657. The monoisotopic (exact) mass is 264 g/mol. The van der Waals surface area contributed by atoms with Gasteiger partial charge in [0.05, 0.1) is 11.4 Å². The summed E-state index contributed by atoms with van der Waals surface area (Å²) in [5.74, 6) is -0.213. The Balaban J connectivity index is 2.27. The zero-order valence-corrected chi connectivity index (χ0v) is 11.3. The Morgan fingerprint density at radius 2 is 2.06 bits per heavy atom. The minimum atomic E-state index is -3.03. The maximum Gasteiger partial charge on any atom is 0.248 e. The number of carbonyl (C=O) groups excluding carboxylic acids is 1. The number of amides is 1. The number of ether oxygens (including phenoxy) is 1. The van der Waals surface area contributed by atoms with Gasteiger partial charge in [0.15, 0.2) is 0 Å². The molecule has 0 aromatic carbocycles. The summed E-state index contributed by atoms with van der Waals surface area (Å²) in [5.41, 5.74) is -0.257. The highest BCUT2D eigenvalue weighted by atomic mass is 32.2. The van der Waals surface area contributed by atoms with Crippen LogP contribution in [0.4, 0.5) is 0 Å². The van der Waals surface area contributed by atoms with Crippen molar-refractivity contribution < 1.29 is 17.9 Å². The molecular formula is C10H20N2O4S. The lowest BCUT2D eigenvalue weighted by Crippen LogP contribution is -2.59. The van der Waals surface area contributed by atoms with Gasteiger partial charge in [0.2, 0.25) is 5.91 Å². The summed E-state index contributed by atoms with van der Waals surface area (Å²) in [7, 11) is -1.45. The first-order valence-electron chi connectivity index (χ1n) is 5.48. The minimum absolute atomic E-state index is 0.00155. The molecule has 1 fully saturated rings. The van der Waals surface area contributed by atoms with Crippen LogP contribution in [0.15, 0.2) is 0 Å². The number of carbonyl (C=O) groups is 1. The van der Waals surface area contributed by atoms with Gasteiger partial charge in [-0.15, -0.1) is 0 Å². The summed E-state index contributed by atoms with van der Waals surface area (Å²) >= 11 is 0. The molecule has 1 amide bonds. The molecule has 0 bridgehead atoms. The molecule has 17 heavy (non-hydrogen) atoms. The van der Waals surface area contributed by atoms with Gasteiger partial charge in [0.1, 0.15) is 16.4 Å². The third-order valence-corrected chi connectivity index (χ3v) is 3.69. The van der Waals surface area contributed by atoms with E-state index in [9.17, 15) is 13.2 Å². The Labute approximate surface area is 102 Å². The molecule has 7 heteroatoms. The molecule has 0 aliphatic carbocycles. The molecule has 0 atom stereocenters. The van der Waals surface area contributed by atoms with Crippen LogP contribution in [-0.4, -0.2) is 70.1 Å². The van der Waals surface area contributed by atoms with Gasteiger partial charge in [-0.05, 0) is 6.92 Å². The maximum absolute atomic E-state index is 11.6. The van der Waals surface area contributed by atoms with Crippen molar-refractivity contribution in [1.82, 2.24) is 10.2 Å². The largest absolute Gasteiger partial charge is 0.363 e. The number of likely N-dealkylation sites (N-methyl/N-ethyl adjacent to an activating group) is 1. The molecule has 1 saturated heterocycles. The molecule has 1 aliphatic rings. The summed E-state index contributed by atoms with van der Waals surface area (Å²) in [6.07, 6.45) is 1.16. The van der Waals surface area contributed by atoms with E-state index in [2.05, 4.69) is 5.32 Å². The Bertz CT molecular complexity index is 376. The van der Waals surface area contributed by atoms with Gasteiger partial charge in [-0.1, -0.05) is 0 Å². The standard InChI is InChI=1S/C10H20N2O4S/c1-10(7-11-8-10)16-6-9(13)12(2)4-5-17(3,14)15/h11H,4-8H2,1-3H3. The van der Waals surface area contributed by atoms with E-state index >= 15 is 0 Å². The van der Waals surface area contributed by atoms with Crippen LogP contribution < -0.4 is 5.32 Å². The van der Waals surface area contributed by atoms with E-state index in [1.807, 2.05) is 6.92 Å². The van der Waals surface area contributed by atoms with E-state index < -0.39 is 9.84 Å². The predicted molar refractivity (Wildman–Crippen MR) is 64.6 cm³/mol. The van der Waals surface area contributed by atoms with Gasteiger partial charge < -0.3 is 15.0 Å². The molecule has 0 unspecified atom stereocenters. The Morgan fingerprint density at radius 1 is 1.47 bits per heavy atom. The van der Waals surface area contributed by atoms with Crippen LogP contribution in [0.3, 0.4) is 0 Å². The summed E-state index contributed by atoms with van der Waals surface area (Å²) in [4.78, 5) is 13.0. The van der Waals surface area contributed by atoms with Crippen LogP contribution in [-0.2, 0) is 19.4 Å². The van der Waals surface area contributed by atoms with Gasteiger partial charge >= 0.3 is 0 Å². The van der Waals surface area contributed by atoms with E-state index in [1.165, 1.54) is 4.90 Å². The third kappa shape index (κ3) is 5.01. The second-order valence-electron chi connectivity index (χ2n) is 4.79. The van der Waals surface area contributed by atoms with Crippen LogP contribution in [0.5, 0.6) is 0 Å². The van der Waals surface area contributed by atoms with Crippen molar-refractivity contribution in [3.63, 3.8) is 0 Å². The molecule has 0 radical (unpaired) electrons. The molecule has 6 nitrogen and oxygen atoms in total. The van der Waals surface area contributed by atoms with Crippen LogP contribution in [0, 0.1) is 0 Å². The molecule has 1 aliphatic heterocycles. The summed E-state index contributed by atoms with van der Waals surface area (Å²) in [6.45, 7) is 3.63. The lowest BCUT2D eigenvalue weighted by molar-refractivity contribution is -0.144. The smallest absolute Gasteiger partial charge is 0.248 e. The van der Waals surface area contributed by atoms with Gasteiger partial charge in [-0.3, -0.25) is 4.79 Å². The van der Waals surface area contributed by atoms with Gasteiger partial charge in [0, 0.05) is 32.9 Å². The first-order valence-corrected chi connectivity index (χ1v) is 7.54. The average molecular weight is 264 g/mol. The van der Waals surface area contributed by atoms with Crippen LogP contribution in [0.2, 0.25) is 0 Å². The first-order chi connectivity index (χ1) is 7.72. The van der Waals surface area contributed by atoms with E-state index in [1.54, 1.807) is 7.05 Å². The van der Waals surface area contributed by atoms with Crippen molar-refractivity contribution in [2.45, 2.75) is 12.5 Å². The van der Waals surface area contributed by atoms with Crippen molar-refractivity contribution >= 4 is 15.7 Å². The van der Waals surface area contributed by atoms with Crippen molar-refractivity contribution in [1.29, 1.82) is 0 Å². The summed E-state index contributed by atoms with van der Waals surface area (Å²) in [5, 5.41) is 3.07. The molecule has 0 saturated carbocycles. The number of rotatable bonds is 6. The minimum Gasteiger partial charge on any atom is -0.363 e. The fourth-order valence-corrected chi connectivity index (χ4v) is 1.96. The molecule has 0 spiro atoms. The Kier molecular flexibility index (Phi) is 4.51. The van der Waals surface area contributed by atoms with Crippen LogP contribution in [0.1, 0.15) is 6.92 Å². The second-order valence-corrected chi connectivity index (χ2v) is 7.05. The fourth-order valence-electron chi connectivity index (χ4n) is 1.35. The highest BCUT2D eigenvalue weighted by Gasteiger charge is 2.33. The molecular weight excluding hydrogens is 244 g/mol. The Morgan fingerprint density at radius 3 is 2.47 bits per heavy atom.